The quantitative estimate of drug-likeness (QED) is 0.277. The summed E-state index contributed by atoms with van der Waals surface area (Å²) in [6.45, 7) is 1.89. The van der Waals surface area contributed by atoms with Crippen molar-refractivity contribution in [1.82, 2.24) is 21.2 Å². The maximum atomic E-state index is 12.3. The fraction of sp³-hybridized carbons (Fsp3) is 0.455. The average molecular weight is 322 g/mol. The maximum Gasteiger partial charge on any atom is 0.417 e. The van der Waals surface area contributed by atoms with Crippen molar-refractivity contribution in [3.63, 3.8) is 0 Å². The summed E-state index contributed by atoms with van der Waals surface area (Å²) >= 11 is 0. The number of amides is 2. The highest BCUT2D eigenvalue weighted by Crippen LogP contribution is 2.29. The summed E-state index contributed by atoms with van der Waals surface area (Å²) in [4.78, 5) is 13.5. The van der Waals surface area contributed by atoms with Crippen molar-refractivity contribution in [3.8, 4) is 0 Å². The molecule has 0 bridgehead atoms. The van der Waals surface area contributed by atoms with Gasteiger partial charge in [0, 0.05) is 19.3 Å². The largest absolute Gasteiger partial charge is 0.417 e. The van der Waals surface area contributed by atoms with Gasteiger partial charge >= 0.3 is 12.2 Å². The van der Waals surface area contributed by atoms with Crippen molar-refractivity contribution in [2.24, 2.45) is 11.7 Å². The van der Waals surface area contributed by atoms with Crippen LogP contribution in [0.2, 0.25) is 0 Å². The number of urea groups is 1. The molecule has 0 saturated carbocycles. The molecule has 8 nitrogen and oxygen atoms in total. The Balaban J connectivity index is 0.000000346. The minimum atomic E-state index is -4.34. The molecule has 124 valence electrons. The van der Waals surface area contributed by atoms with Crippen LogP contribution in [0.3, 0.4) is 0 Å². The molecule has 1 aliphatic rings. The summed E-state index contributed by atoms with van der Waals surface area (Å²) in [5.41, 5.74) is 3.27. The molecule has 1 saturated heterocycles. The van der Waals surface area contributed by atoms with Gasteiger partial charge in [0.25, 0.3) is 0 Å². The van der Waals surface area contributed by atoms with Crippen LogP contribution < -0.4 is 27.9 Å². The van der Waals surface area contributed by atoms with Gasteiger partial charge < -0.3 is 10.1 Å². The van der Waals surface area contributed by atoms with Crippen LogP contribution in [0.15, 0.2) is 18.3 Å². The number of pyridine rings is 1. The number of nitrogens with zero attached hydrogens (tertiary/aromatic N) is 1. The third-order valence-corrected chi connectivity index (χ3v) is 2.63. The standard InChI is InChI=1S/C10H11F3N2O.CH6N4O/c11-10(12,13)7-1-2-8(15-5-7)9-6-14-3-4-16-9;2-4-1(6)5-3/h1-2,5,9,14H,3-4,6H2;2-3H2,(H2,4,5,6). The first kappa shape index (κ1) is 18.1. The number of rotatable bonds is 1. The van der Waals surface area contributed by atoms with Crippen molar-refractivity contribution < 1.29 is 22.7 Å². The number of carbonyl (C=O) groups excluding carboxylic acids is 1. The predicted octanol–water partition coefficient (Wildman–Crippen LogP) is -0.206. The Morgan fingerprint density at radius 3 is 2.41 bits per heavy atom. The van der Waals surface area contributed by atoms with Crippen LogP contribution in [-0.2, 0) is 10.9 Å². The second-order valence-corrected chi connectivity index (χ2v) is 4.15. The van der Waals surface area contributed by atoms with Crippen molar-refractivity contribution in [2.75, 3.05) is 19.7 Å². The van der Waals surface area contributed by atoms with Gasteiger partial charge in [0.15, 0.2) is 0 Å². The smallest absolute Gasteiger partial charge is 0.369 e. The van der Waals surface area contributed by atoms with Crippen molar-refractivity contribution >= 4 is 6.03 Å². The van der Waals surface area contributed by atoms with Crippen molar-refractivity contribution in [2.45, 2.75) is 12.3 Å². The zero-order valence-corrected chi connectivity index (χ0v) is 11.5. The number of nitrogens with two attached hydrogens (primary N) is 2. The number of halogens is 3. The molecular formula is C11H17F3N6O2. The Labute approximate surface area is 124 Å². The molecule has 1 aromatic rings. The van der Waals surface area contributed by atoms with E-state index in [1.807, 2.05) is 0 Å². The zero-order chi connectivity index (χ0) is 16.6. The number of carbonyl (C=O) groups is 1. The first-order valence-electron chi connectivity index (χ1n) is 6.21. The molecule has 1 aromatic heterocycles. The van der Waals surface area contributed by atoms with Crippen LogP contribution in [0.25, 0.3) is 0 Å². The highest BCUT2D eigenvalue weighted by atomic mass is 19.4. The molecule has 7 N–H and O–H groups in total. The number of alkyl halides is 3. The van der Waals surface area contributed by atoms with Gasteiger partial charge in [-0.05, 0) is 12.1 Å². The van der Waals surface area contributed by atoms with Crippen LogP contribution >= 0.6 is 0 Å². The molecule has 2 amide bonds. The highest BCUT2D eigenvalue weighted by Gasteiger charge is 2.31. The van der Waals surface area contributed by atoms with Gasteiger partial charge in [-0.1, -0.05) is 0 Å². The van der Waals surface area contributed by atoms with Crippen LogP contribution in [-0.4, -0.2) is 30.7 Å². The van der Waals surface area contributed by atoms with E-state index in [1.165, 1.54) is 6.07 Å². The lowest BCUT2D eigenvalue weighted by Gasteiger charge is -2.23. The van der Waals surface area contributed by atoms with Gasteiger partial charge in [-0.2, -0.15) is 13.2 Å². The van der Waals surface area contributed by atoms with Crippen LogP contribution in [0.4, 0.5) is 18.0 Å². The fourth-order valence-electron chi connectivity index (χ4n) is 1.56. The van der Waals surface area contributed by atoms with Gasteiger partial charge in [-0.25, -0.2) is 16.5 Å². The van der Waals surface area contributed by atoms with Gasteiger partial charge in [-0.3, -0.25) is 15.8 Å². The molecule has 1 fully saturated rings. The Bertz CT molecular complexity index is 456. The molecule has 0 aromatic carbocycles. The predicted molar refractivity (Wildman–Crippen MR) is 70.8 cm³/mol. The molecule has 0 spiro atoms. The molecular weight excluding hydrogens is 305 g/mol. The Morgan fingerprint density at radius 1 is 1.36 bits per heavy atom. The number of hydrazine groups is 2. The van der Waals surface area contributed by atoms with E-state index in [4.69, 9.17) is 4.74 Å². The minimum absolute atomic E-state index is 0.254. The van der Waals surface area contributed by atoms with Crippen LogP contribution in [0.1, 0.15) is 17.4 Å². The summed E-state index contributed by atoms with van der Waals surface area (Å²) < 4.78 is 42.2. The minimum Gasteiger partial charge on any atom is -0.369 e. The Hall–Kier alpha value is -1.95. The number of morpholine rings is 1. The SMILES string of the molecule is FC(F)(F)c1ccc(C2CNCCO2)nc1.NNC(=O)NN. The van der Waals surface area contributed by atoms with Gasteiger partial charge in [0.1, 0.15) is 6.10 Å². The summed E-state index contributed by atoms with van der Waals surface area (Å²) in [6.07, 6.45) is -3.75. The zero-order valence-electron chi connectivity index (χ0n) is 11.5. The lowest BCUT2D eigenvalue weighted by atomic mass is 10.1. The number of hydrogen-bond acceptors (Lipinski definition) is 6. The van der Waals surface area contributed by atoms with Crippen molar-refractivity contribution in [1.29, 1.82) is 0 Å². The monoisotopic (exact) mass is 322 g/mol. The van der Waals surface area contributed by atoms with E-state index in [0.717, 1.165) is 18.8 Å². The summed E-state index contributed by atoms with van der Waals surface area (Å²) in [5, 5.41) is 3.09. The number of hydrogen-bond donors (Lipinski definition) is 5. The third-order valence-electron chi connectivity index (χ3n) is 2.63. The second kappa shape index (κ2) is 8.48. The Kier molecular flexibility index (Phi) is 6.98. The first-order chi connectivity index (χ1) is 10.4. The molecule has 2 heterocycles. The number of nitrogens with one attached hydrogen (secondary N) is 3. The Morgan fingerprint density at radius 2 is 2.05 bits per heavy atom. The van der Waals surface area contributed by atoms with E-state index in [1.54, 1.807) is 10.9 Å². The van der Waals surface area contributed by atoms with E-state index >= 15 is 0 Å². The highest BCUT2D eigenvalue weighted by molar-refractivity contribution is 5.72. The van der Waals surface area contributed by atoms with E-state index in [9.17, 15) is 18.0 Å². The van der Waals surface area contributed by atoms with E-state index in [0.29, 0.717) is 18.8 Å². The summed E-state index contributed by atoms with van der Waals surface area (Å²) in [6, 6.07) is 1.79. The summed E-state index contributed by atoms with van der Waals surface area (Å²) in [7, 11) is 0. The molecule has 0 aliphatic carbocycles. The maximum absolute atomic E-state index is 12.3. The average Bonchev–Trinajstić information content (AvgIpc) is 2.55. The lowest BCUT2D eigenvalue weighted by molar-refractivity contribution is -0.137. The number of ether oxygens (including phenoxy) is 1. The third kappa shape index (κ3) is 5.81. The first-order valence-corrected chi connectivity index (χ1v) is 6.21. The normalized spacial score (nSPS) is 18.0. The van der Waals surface area contributed by atoms with Gasteiger partial charge in [0.05, 0.1) is 17.9 Å². The van der Waals surface area contributed by atoms with E-state index < -0.39 is 17.8 Å². The molecule has 22 heavy (non-hydrogen) atoms. The molecule has 11 heteroatoms. The molecule has 1 atom stereocenters. The van der Waals surface area contributed by atoms with Gasteiger partial charge in [-0.15, -0.1) is 0 Å². The second-order valence-electron chi connectivity index (χ2n) is 4.15. The fourth-order valence-corrected chi connectivity index (χ4v) is 1.56. The van der Waals surface area contributed by atoms with E-state index in [-0.39, 0.29) is 6.10 Å². The van der Waals surface area contributed by atoms with Crippen molar-refractivity contribution in [3.05, 3.63) is 29.6 Å². The topological polar surface area (TPSA) is 127 Å². The molecule has 0 radical (unpaired) electrons. The van der Waals surface area contributed by atoms with E-state index in [2.05, 4.69) is 22.0 Å². The van der Waals surface area contributed by atoms with Crippen LogP contribution in [0, 0.1) is 0 Å². The molecule has 2 rings (SSSR count). The molecule has 1 aliphatic heterocycles. The van der Waals surface area contributed by atoms with Gasteiger partial charge in [0.2, 0.25) is 0 Å². The molecule has 1 unspecified atom stereocenters. The lowest BCUT2D eigenvalue weighted by Crippen LogP contribution is -2.43. The summed E-state index contributed by atoms with van der Waals surface area (Å²) in [5.74, 6) is 9.08. The number of aromatic nitrogens is 1. The van der Waals surface area contributed by atoms with Crippen LogP contribution in [0.5, 0.6) is 0 Å².